The Labute approximate surface area is 127 Å². The zero-order chi connectivity index (χ0) is 14.7. The van der Waals surface area contributed by atoms with Crippen LogP contribution >= 0.6 is 0 Å². The first-order valence-electron chi connectivity index (χ1n) is 8.04. The predicted octanol–water partition coefficient (Wildman–Crippen LogP) is 3.97. The Kier molecular flexibility index (Phi) is 4.35. The van der Waals surface area contributed by atoms with Crippen molar-refractivity contribution in [1.82, 2.24) is 10.3 Å². The molecule has 21 heavy (non-hydrogen) atoms. The van der Waals surface area contributed by atoms with Gasteiger partial charge in [-0.05, 0) is 67.0 Å². The van der Waals surface area contributed by atoms with Gasteiger partial charge in [-0.3, -0.25) is 4.98 Å². The van der Waals surface area contributed by atoms with E-state index in [9.17, 15) is 0 Å². The molecule has 0 saturated heterocycles. The molecule has 2 heteroatoms. The van der Waals surface area contributed by atoms with Crippen LogP contribution < -0.4 is 5.32 Å². The molecule has 2 nitrogen and oxygen atoms in total. The molecule has 0 fully saturated rings. The zero-order valence-electron chi connectivity index (χ0n) is 13.0. The van der Waals surface area contributed by atoms with Crippen LogP contribution in [0.5, 0.6) is 0 Å². The van der Waals surface area contributed by atoms with Crippen LogP contribution in [0.25, 0.3) is 0 Å². The Morgan fingerprint density at radius 1 is 1.10 bits per heavy atom. The maximum atomic E-state index is 4.37. The van der Waals surface area contributed by atoms with Crippen molar-refractivity contribution in [3.63, 3.8) is 0 Å². The standard InChI is InChI=1S/C19H24N2/c1-3-9-21-19(18-10-14(2)12-20-13-18)17-8-7-15-5-4-6-16(15)11-17/h7-8,10-13,19,21H,3-6,9H2,1-2H3. The van der Waals surface area contributed by atoms with E-state index in [1.807, 2.05) is 12.4 Å². The van der Waals surface area contributed by atoms with Gasteiger partial charge in [0.1, 0.15) is 0 Å². The number of pyridine rings is 1. The van der Waals surface area contributed by atoms with E-state index in [-0.39, 0.29) is 6.04 Å². The monoisotopic (exact) mass is 280 g/mol. The van der Waals surface area contributed by atoms with Crippen LogP contribution in [0.3, 0.4) is 0 Å². The van der Waals surface area contributed by atoms with Crippen LogP contribution in [0.2, 0.25) is 0 Å². The normalized spacial score (nSPS) is 15.0. The van der Waals surface area contributed by atoms with Crippen LogP contribution in [0.1, 0.15) is 53.6 Å². The summed E-state index contributed by atoms with van der Waals surface area (Å²) in [6, 6.07) is 9.51. The highest BCUT2D eigenvalue weighted by atomic mass is 14.9. The summed E-state index contributed by atoms with van der Waals surface area (Å²) in [4.78, 5) is 4.37. The van der Waals surface area contributed by atoms with Gasteiger partial charge in [-0.2, -0.15) is 0 Å². The summed E-state index contributed by atoms with van der Waals surface area (Å²) in [5, 5.41) is 3.68. The van der Waals surface area contributed by atoms with Gasteiger partial charge >= 0.3 is 0 Å². The highest BCUT2D eigenvalue weighted by Gasteiger charge is 2.17. The Balaban J connectivity index is 1.95. The van der Waals surface area contributed by atoms with E-state index in [1.165, 1.54) is 47.1 Å². The van der Waals surface area contributed by atoms with Crippen molar-refractivity contribution in [3.8, 4) is 0 Å². The maximum Gasteiger partial charge on any atom is 0.0592 e. The number of rotatable bonds is 5. The molecule has 1 unspecified atom stereocenters. The van der Waals surface area contributed by atoms with Crippen LogP contribution in [0, 0.1) is 6.92 Å². The fraction of sp³-hybridized carbons (Fsp3) is 0.421. The number of aryl methyl sites for hydroxylation is 3. The lowest BCUT2D eigenvalue weighted by atomic mass is 9.96. The fourth-order valence-electron chi connectivity index (χ4n) is 3.22. The quantitative estimate of drug-likeness (QED) is 0.896. The second-order valence-electron chi connectivity index (χ2n) is 6.06. The van der Waals surface area contributed by atoms with Crippen LogP contribution in [0.15, 0.2) is 36.7 Å². The van der Waals surface area contributed by atoms with Crippen molar-refractivity contribution in [2.75, 3.05) is 6.54 Å². The number of nitrogens with zero attached hydrogens (tertiary/aromatic N) is 1. The van der Waals surface area contributed by atoms with Crippen molar-refractivity contribution in [2.45, 2.75) is 45.6 Å². The molecule has 1 aromatic carbocycles. The molecule has 2 aromatic rings. The van der Waals surface area contributed by atoms with E-state index >= 15 is 0 Å². The smallest absolute Gasteiger partial charge is 0.0592 e. The van der Waals surface area contributed by atoms with E-state index < -0.39 is 0 Å². The van der Waals surface area contributed by atoms with Gasteiger partial charge < -0.3 is 5.32 Å². The van der Waals surface area contributed by atoms with Gasteiger partial charge in [-0.15, -0.1) is 0 Å². The number of hydrogen-bond donors (Lipinski definition) is 1. The molecule has 1 aliphatic carbocycles. The van der Waals surface area contributed by atoms with Crippen molar-refractivity contribution in [2.24, 2.45) is 0 Å². The molecule has 0 spiro atoms. The van der Waals surface area contributed by atoms with Gasteiger partial charge in [0.25, 0.3) is 0 Å². The van der Waals surface area contributed by atoms with Gasteiger partial charge in [0.15, 0.2) is 0 Å². The summed E-state index contributed by atoms with van der Waals surface area (Å²) in [6.45, 7) is 5.34. The lowest BCUT2D eigenvalue weighted by molar-refractivity contribution is 0.596. The minimum atomic E-state index is 0.253. The second kappa shape index (κ2) is 6.40. The molecule has 1 atom stereocenters. The predicted molar refractivity (Wildman–Crippen MR) is 87.6 cm³/mol. The third kappa shape index (κ3) is 3.16. The number of hydrogen-bond acceptors (Lipinski definition) is 2. The number of benzene rings is 1. The Hall–Kier alpha value is -1.67. The third-order valence-corrected chi connectivity index (χ3v) is 4.28. The SMILES string of the molecule is CCCNC(c1cncc(C)c1)c1ccc2c(c1)CCC2. The largest absolute Gasteiger partial charge is 0.306 e. The van der Waals surface area contributed by atoms with E-state index in [0.29, 0.717) is 0 Å². The Morgan fingerprint density at radius 2 is 1.95 bits per heavy atom. The van der Waals surface area contributed by atoms with Crippen LogP contribution in [-0.2, 0) is 12.8 Å². The Bertz CT molecular complexity index is 619. The second-order valence-corrected chi connectivity index (χ2v) is 6.06. The van der Waals surface area contributed by atoms with Crippen molar-refractivity contribution < 1.29 is 0 Å². The zero-order valence-corrected chi connectivity index (χ0v) is 13.0. The molecule has 0 amide bonds. The summed E-state index contributed by atoms with van der Waals surface area (Å²) < 4.78 is 0. The van der Waals surface area contributed by atoms with Gasteiger partial charge in [0, 0.05) is 12.4 Å². The first-order chi connectivity index (χ1) is 10.3. The number of fused-ring (bicyclic) bond motifs is 1. The molecule has 0 bridgehead atoms. The number of aromatic nitrogens is 1. The van der Waals surface area contributed by atoms with Gasteiger partial charge in [-0.1, -0.05) is 31.2 Å². The summed E-state index contributed by atoms with van der Waals surface area (Å²) in [5.41, 5.74) is 6.93. The van der Waals surface area contributed by atoms with Gasteiger partial charge in [-0.25, -0.2) is 0 Å². The summed E-state index contributed by atoms with van der Waals surface area (Å²) in [5.74, 6) is 0. The minimum Gasteiger partial charge on any atom is -0.306 e. The molecule has 1 heterocycles. The Morgan fingerprint density at radius 3 is 2.76 bits per heavy atom. The average molecular weight is 280 g/mol. The molecular formula is C19H24N2. The van der Waals surface area contributed by atoms with Crippen LogP contribution in [-0.4, -0.2) is 11.5 Å². The van der Waals surface area contributed by atoms with Gasteiger partial charge in [0.2, 0.25) is 0 Å². The maximum absolute atomic E-state index is 4.37. The number of nitrogens with one attached hydrogen (secondary N) is 1. The molecule has 1 aromatic heterocycles. The molecule has 110 valence electrons. The molecule has 3 rings (SSSR count). The molecule has 0 saturated carbocycles. The van der Waals surface area contributed by atoms with E-state index in [0.717, 1.165) is 13.0 Å². The fourth-order valence-corrected chi connectivity index (χ4v) is 3.22. The molecular weight excluding hydrogens is 256 g/mol. The summed E-state index contributed by atoms with van der Waals surface area (Å²) in [7, 11) is 0. The topological polar surface area (TPSA) is 24.9 Å². The van der Waals surface area contributed by atoms with Crippen molar-refractivity contribution in [1.29, 1.82) is 0 Å². The van der Waals surface area contributed by atoms with Gasteiger partial charge in [0.05, 0.1) is 6.04 Å². The lowest BCUT2D eigenvalue weighted by Crippen LogP contribution is -2.23. The minimum absolute atomic E-state index is 0.253. The average Bonchev–Trinajstić information content (AvgIpc) is 2.95. The molecule has 1 aliphatic rings. The van der Waals surface area contributed by atoms with E-state index in [1.54, 1.807) is 0 Å². The summed E-state index contributed by atoms with van der Waals surface area (Å²) in [6.07, 6.45) is 8.83. The van der Waals surface area contributed by atoms with Crippen molar-refractivity contribution in [3.05, 3.63) is 64.5 Å². The third-order valence-electron chi connectivity index (χ3n) is 4.28. The summed E-state index contributed by atoms with van der Waals surface area (Å²) >= 11 is 0. The molecule has 0 radical (unpaired) electrons. The molecule has 1 N–H and O–H groups in total. The molecule has 0 aliphatic heterocycles. The lowest BCUT2D eigenvalue weighted by Gasteiger charge is -2.20. The first kappa shape index (κ1) is 14.3. The highest BCUT2D eigenvalue weighted by Crippen LogP contribution is 2.28. The van der Waals surface area contributed by atoms with Crippen LogP contribution in [0.4, 0.5) is 0 Å². The van der Waals surface area contributed by atoms with E-state index in [2.05, 4.69) is 48.4 Å². The van der Waals surface area contributed by atoms with E-state index in [4.69, 9.17) is 0 Å². The highest BCUT2D eigenvalue weighted by molar-refractivity contribution is 5.40. The van der Waals surface area contributed by atoms with Crippen molar-refractivity contribution >= 4 is 0 Å². The first-order valence-corrected chi connectivity index (χ1v) is 8.04.